The third-order valence-electron chi connectivity index (χ3n) is 5.18. The Labute approximate surface area is 199 Å². The molecule has 34 heavy (non-hydrogen) atoms. The van der Waals surface area contributed by atoms with E-state index in [-0.39, 0.29) is 17.2 Å². The Bertz CT molecular complexity index is 812. The third kappa shape index (κ3) is 10.1. The first-order valence-electron chi connectivity index (χ1n) is 11.3. The molecule has 10 heteroatoms. The van der Waals surface area contributed by atoms with Gasteiger partial charge >= 0.3 is 12.1 Å². The molecule has 0 aromatic heterocycles. The molecule has 1 aromatic rings. The number of alkyl halides is 3. The Morgan fingerprint density at radius 1 is 1.06 bits per heavy atom. The summed E-state index contributed by atoms with van der Waals surface area (Å²) in [5.74, 6) is -2.25. The van der Waals surface area contributed by atoms with Gasteiger partial charge in [-0.2, -0.15) is 13.2 Å². The molecule has 1 aliphatic heterocycles. The Hall–Kier alpha value is -2.62. The molecule has 2 N–H and O–H groups in total. The van der Waals surface area contributed by atoms with Gasteiger partial charge in [0.1, 0.15) is 0 Å². The van der Waals surface area contributed by atoms with Crippen molar-refractivity contribution in [2.24, 2.45) is 5.92 Å². The van der Waals surface area contributed by atoms with Crippen molar-refractivity contribution in [1.29, 1.82) is 0 Å². The molecular weight excluding hydrogens is 451 g/mol. The molecule has 1 aromatic carbocycles. The summed E-state index contributed by atoms with van der Waals surface area (Å²) in [5, 5.41) is 10.4. The average molecular weight is 488 g/mol. The summed E-state index contributed by atoms with van der Waals surface area (Å²) in [7, 11) is 0. The van der Waals surface area contributed by atoms with Gasteiger partial charge in [-0.05, 0) is 29.0 Å². The highest BCUT2D eigenvalue weighted by Crippen LogP contribution is 2.22. The van der Waals surface area contributed by atoms with Gasteiger partial charge in [0, 0.05) is 51.3 Å². The lowest BCUT2D eigenvalue weighted by atomic mass is 9.86. The maximum absolute atomic E-state index is 13.0. The van der Waals surface area contributed by atoms with Crippen LogP contribution in [0.4, 0.5) is 13.2 Å². The summed E-state index contributed by atoms with van der Waals surface area (Å²) in [6.07, 6.45) is -4.70. The van der Waals surface area contributed by atoms with E-state index in [1.54, 1.807) is 0 Å². The molecule has 7 nitrogen and oxygen atoms in total. The quantitative estimate of drug-likeness (QED) is 0.641. The second-order valence-corrected chi connectivity index (χ2v) is 9.66. The van der Waals surface area contributed by atoms with Crippen LogP contribution >= 0.6 is 0 Å². The summed E-state index contributed by atoms with van der Waals surface area (Å²) in [5.41, 5.74) is 1.97. The normalized spacial score (nSPS) is 14.3. The summed E-state index contributed by atoms with van der Waals surface area (Å²) < 4.78 is 31.7. The highest BCUT2D eigenvalue weighted by molar-refractivity contribution is 5.94. The number of rotatable bonds is 6. The van der Waals surface area contributed by atoms with Crippen LogP contribution in [0.1, 0.15) is 57.0 Å². The molecule has 0 aliphatic carbocycles. The molecular formula is C24H36F3N3O4. The molecule has 1 heterocycles. The van der Waals surface area contributed by atoms with Gasteiger partial charge in [0.25, 0.3) is 5.91 Å². The molecule has 192 valence electrons. The van der Waals surface area contributed by atoms with Crippen molar-refractivity contribution in [3.8, 4) is 0 Å². The van der Waals surface area contributed by atoms with Crippen molar-refractivity contribution >= 4 is 17.8 Å². The third-order valence-corrected chi connectivity index (χ3v) is 5.18. The number of amides is 2. The van der Waals surface area contributed by atoms with E-state index in [1.165, 1.54) is 5.56 Å². The van der Waals surface area contributed by atoms with E-state index in [0.29, 0.717) is 31.0 Å². The van der Waals surface area contributed by atoms with Gasteiger partial charge in [-0.25, -0.2) is 4.79 Å². The number of nitrogens with one attached hydrogen (secondary N) is 1. The summed E-state index contributed by atoms with van der Waals surface area (Å²) in [4.78, 5) is 38.1. The van der Waals surface area contributed by atoms with E-state index in [1.807, 2.05) is 34.1 Å². The molecule has 0 saturated carbocycles. The number of carboxylic acid groups (broad SMARTS) is 1. The molecule has 0 radical (unpaired) electrons. The van der Waals surface area contributed by atoms with Crippen LogP contribution < -0.4 is 5.32 Å². The minimum absolute atomic E-state index is 0.0114. The average Bonchev–Trinajstić information content (AvgIpc) is 2.75. The number of piperazine rings is 1. The van der Waals surface area contributed by atoms with Crippen LogP contribution in [0.15, 0.2) is 24.3 Å². The zero-order valence-corrected chi connectivity index (χ0v) is 20.5. The van der Waals surface area contributed by atoms with Crippen LogP contribution in [0.2, 0.25) is 0 Å². The fourth-order valence-corrected chi connectivity index (χ4v) is 3.31. The number of carbonyl (C=O) groups is 3. The monoisotopic (exact) mass is 487 g/mol. The zero-order valence-electron chi connectivity index (χ0n) is 20.5. The molecule has 1 fully saturated rings. The number of carboxylic acids is 1. The van der Waals surface area contributed by atoms with E-state index >= 15 is 0 Å². The van der Waals surface area contributed by atoms with Gasteiger partial charge in [-0.15, -0.1) is 0 Å². The SMILES string of the molecule is CC(C)CN(CCC(=O)N1CCNCC1)C(=O)c1ccc(C(C)(C)C)cc1.O=C(O)C(F)(F)F. The van der Waals surface area contributed by atoms with Crippen molar-refractivity contribution in [2.45, 2.75) is 52.6 Å². The summed E-state index contributed by atoms with van der Waals surface area (Å²) >= 11 is 0. The van der Waals surface area contributed by atoms with Gasteiger partial charge < -0.3 is 20.2 Å². The van der Waals surface area contributed by atoms with Gasteiger partial charge in [-0.1, -0.05) is 46.8 Å². The van der Waals surface area contributed by atoms with Crippen LogP contribution in [0.5, 0.6) is 0 Å². The molecule has 1 aliphatic rings. The Balaban J connectivity index is 0.000000718. The number of aliphatic carboxylic acids is 1. The lowest BCUT2D eigenvalue weighted by Gasteiger charge is -2.29. The second kappa shape index (κ2) is 12.7. The van der Waals surface area contributed by atoms with Crippen LogP contribution in [0.3, 0.4) is 0 Å². The Kier molecular flexibility index (Phi) is 11.0. The van der Waals surface area contributed by atoms with E-state index in [4.69, 9.17) is 9.90 Å². The predicted octanol–water partition coefficient (Wildman–Crippen LogP) is 3.54. The fraction of sp³-hybridized carbons (Fsp3) is 0.625. The lowest BCUT2D eigenvalue weighted by molar-refractivity contribution is -0.192. The molecule has 0 atom stereocenters. The van der Waals surface area contributed by atoms with Crippen LogP contribution in [0.25, 0.3) is 0 Å². The Morgan fingerprint density at radius 3 is 1.97 bits per heavy atom. The molecule has 0 bridgehead atoms. The molecule has 2 amide bonds. The first kappa shape index (κ1) is 29.4. The highest BCUT2D eigenvalue weighted by Gasteiger charge is 2.38. The zero-order chi connectivity index (χ0) is 26.1. The number of hydrogen-bond donors (Lipinski definition) is 2. The molecule has 0 spiro atoms. The lowest BCUT2D eigenvalue weighted by Crippen LogP contribution is -2.47. The van der Waals surface area contributed by atoms with Gasteiger partial charge in [0.15, 0.2) is 0 Å². The number of benzene rings is 1. The topological polar surface area (TPSA) is 90.0 Å². The van der Waals surface area contributed by atoms with E-state index in [9.17, 15) is 22.8 Å². The van der Waals surface area contributed by atoms with E-state index < -0.39 is 12.1 Å². The van der Waals surface area contributed by atoms with Crippen molar-refractivity contribution < 1.29 is 32.7 Å². The molecule has 0 unspecified atom stereocenters. The summed E-state index contributed by atoms with van der Waals surface area (Å²) in [6, 6.07) is 7.89. The van der Waals surface area contributed by atoms with Crippen molar-refractivity contribution in [1.82, 2.24) is 15.1 Å². The predicted molar refractivity (Wildman–Crippen MR) is 124 cm³/mol. The first-order valence-corrected chi connectivity index (χ1v) is 11.3. The van der Waals surface area contributed by atoms with E-state index in [0.717, 1.165) is 26.2 Å². The highest BCUT2D eigenvalue weighted by atomic mass is 19.4. The maximum Gasteiger partial charge on any atom is 0.490 e. The number of carbonyl (C=O) groups excluding carboxylic acids is 2. The van der Waals surface area contributed by atoms with Crippen molar-refractivity contribution in [3.63, 3.8) is 0 Å². The van der Waals surface area contributed by atoms with Crippen LogP contribution in [0, 0.1) is 5.92 Å². The van der Waals surface area contributed by atoms with Crippen LogP contribution in [-0.4, -0.2) is 78.1 Å². The minimum Gasteiger partial charge on any atom is -0.475 e. The van der Waals surface area contributed by atoms with Gasteiger partial charge in [-0.3, -0.25) is 9.59 Å². The van der Waals surface area contributed by atoms with E-state index in [2.05, 4.69) is 39.9 Å². The number of nitrogens with zero attached hydrogens (tertiary/aromatic N) is 2. The first-order chi connectivity index (χ1) is 15.6. The maximum atomic E-state index is 13.0. The number of hydrogen-bond acceptors (Lipinski definition) is 4. The smallest absolute Gasteiger partial charge is 0.475 e. The van der Waals surface area contributed by atoms with Gasteiger partial charge in [0.05, 0.1) is 0 Å². The molecule has 2 rings (SSSR count). The fourth-order valence-electron chi connectivity index (χ4n) is 3.31. The largest absolute Gasteiger partial charge is 0.490 e. The van der Waals surface area contributed by atoms with Gasteiger partial charge in [0.2, 0.25) is 5.91 Å². The minimum atomic E-state index is -5.08. The van der Waals surface area contributed by atoms with Crippen molar-refractivity contribution in [3.05, 3.63) is 35.4 Å². The molecule has 1 saturated heterocycles. The second-order valence-electron chi connectivity index (χ2n) is 9.66. The number of halogens is 3. The van der Waals surface area contributed by atoms with Crippen LogP contribution in [-0.2, 0) is 15.0 Å². The Morgan fingerprint density at radius 2 is 1.56 bits per heavy atom. The summed E-state index contributed by atoms with van der Waals surface area (Å²) in [6.45, 7) is 15.0. The standard InChI is InChI=1S/C22H35N3O2.C2HF3O2/c1-17(2)16-25(13-10-20(26)24-14-11-23-12-15-24)21(27)18-6-8-19(9-7-18)22(3,4)5;3-2(4,5)1(6)7/h6-9,17,23H,10-16H2,1-5H3;(H,6,7). The van der Waals surface area contributed by atoms with Crippen molar-refractivity contribution in [2.75, 3.05) is 39.3 Å².